The van der Waals surface area contributed by atoms with Gasteiger partial charge < -0.3 is 15.2 Å². The highest BCUT2D eigenvalue weighted by Gasteiger charge is 2.36. The van der Waals surface area contributed by atoms with Crippen LogP contribution in [0.25, 0.3) is 0 Å². The van der Waals surface area contributed by atoms with E-state index in [0.717, 1.165) is 17.3 Å². The molecule has 0 spiro atoms. The fraction of sp³-hybridized carbons (Fsp3) is 0.467. The van der Waals surface area contributed by atoms with Gasteiger partial charge in [-0.15, -0.1) is 0 Å². The van der Waals surface area contributed by atoms with Crippen LogP contribution in [0.2, 0.25) is 0 Å². The van der Waals surface area contributed by atoms with Crippen LogP contribution < -0.4 is 5.73 Å². The van der Waals surface area contributed by atoms with Crippen LogP contribution in [0.3, 0.4) is 0 Å². The predicted octanol–water partition coefficient (Wildman–Crippen LogP) is 2.58. The summed E-state index contributed by atoms with van der Waals surface area (Å²) in [6.07, 6.45) is 1.64. The summed E-state index contributed by atoms with van der Waals surface area (Å²) in [5, 5.41) is 0. The summed E-state index contributed by atoms with van der Waals surface area (Å²) in [5.74, 6) is -2.49. The number of carbonyl (C=O) groups is 2. The molecule has 0 saturated carbocycles. The first kappa shape index (κ1) is 17.7. The van der Waals surface area contributed by atoms with Crippen molar-refractivity contribution < 1.29 is 19.1 Å². The Labute approximate surface area is 132 Å². The third kappa shape index (κ3) is 5.13. The fourth-order valence-corrected chi connectivity index (χ4v) is 2.07. The number of benzene rings is 1. The van der Waals surface area contributed by atoms with E-state index < -0.39 is 23.9 Å². The lowest BCUT2D eigenvalue weighted by atomic mass is 9.94. The Balaban J connectivity index is 2.88. The van der Waals surface area contributed by atoms with Crippen molar-refractivity contribution in [3.63, 3.8) is 0 Å². The first-order chi connectivity index (χ1) is 10.0. The lowest BCUT2D eigenvalue weighted by Crippen LogP contribution is -2.37. The molecule has 2 unspecified atom stereocenters. The van der Waals surface area contributed by atoms with E-state index in [1.54, 1.807) is 24.3 Å². The molecule has 2 N–H and O–H groups in total. The van der Waals surface area contributed by atoms with Crippen LogP contribution in [0.5, 0.6) is 0 Å². The normalized spacial score (nSPS) is 13.3. The highest BCUT2D eigenvalue weighted by molar-refractivity contribution is 9.10. The smallest absolute Gasteiger partial charge is 0.322 e. The third-order valence-electron chi connectivity index (χ3n) is 3.07. The molecule has 5 nitrogen and oxygen atoms in total. The van der Waals surface area contributed by atoms with E-state index in [1.165, 1.54) is 7.11 Å². The van der Waals surface area contributed by atoms with Gasteiger partial charge in [-0.1, -0.05) is 41.4 Å². The van der Waals surface area contributed by atoms with Crippen molar-refractivity contribution in [2.45, 2.75) is 25.8 Å². The van der Waals surface area contributed by atoms with Crippen molar-refractivity contribution in [3.8, 4) is 0 Å². The molecule has 6 heteroatoms. The van der Waals surface area contributed by atoms with E-state index in [9.17, 15) is 9.59 Å². The highest BCUT2D eigenvalue weighted by atomic mass is 79.9. The van der Waals surface area contributed by atoms with Crippen molar-refractivity contribution >= 4 is 27.9 Å². The van der Waals surface area contributed by atoms with Crippen LogP contribution in [-0.4, -0.2) is 25.7 Å². The van der Waals surface area contributed by atoms with Gasteiger partial charge in [-0.25, -0.2) is 0 Å². The van der Waals surface area contributed by atoms with Gasteiger partial charge >= 0.3 is 11.9 Å². The molecule has 0 aliphatic carbocycles. The van der Waals surface area contributed by atoms with Crippen molar-refractivity contribution in [2.24, 2.45) is 11.7 Å². The Hall–Kier alpha value is -1.40. The zero-order valence-electron chi connectivity index (χ0n) is 12.2. The first-order valence-electron chi connectivity index (χ1n) is 6.76. The summed E-state index contributed by atoms with van der Waals surface area (Å²) in [6.45, 7) is 2.26. The van der Waals surface area contributed by atoms with Crippen LogP contribution >= 0.6 is 15.9 Å². The van der Waals surface area contributed by atoms with E-state index >= 15 is 0 Å². The third-order valence-corrected chi connectivity index (χ3v) is 3.59. The molecule has 0 radical (unpaired) electrons. The SMILES string of the molecule is CCCCOC(=O)C(C(=O)OC)C(N)c1ccc(Br)cc1. The summed E-state index contributed by atoms with van der Waals surface area (Å²) in [6, 6.07) is 6.30. The average molecular weight is 358 g/mol. The Kier molecular flexibility index (Phi) is 7.39. The zero-order valence-corrected chi connectivity index (χ0v) is 13.8. The van der Waals surface area contributed by atoms with Crippen molar-refractivity contribution in [3.05, 3.63) is 34.3 Å². The molecule has 116 valence electrons. The van der Waals surface area contributed by atoms with Crippen LogP contribution in [-0.2, 0) is 19.1 Å². The molecular weight excluding hydrogens is 338 g/mol. The fourth-order valence-electron chi connectivity index (χ4n) is 1.80. The number of halogens is 1. The van der Waals surface area contributed by atoms with Gasteiger partial charge in [-0.3, -0.25) is 9.59 Å². The van der Waals surface area contributed by atoms with Gasteiger partial charge in [0.05, 0.1) is 19.8 Å². The molecule has 0 aliphatic heterocycles. The van der Waals surface area contributed by atoms with Gasteiger partial charge in [-0.2, -0.15) is 0 Å². The van der Waals surface area contributed by atoms with Crippen LogP contribution in [0.15, 0.2) is 28.7 Å². The molecule has 2 atom stereocenters. The number of esters is 2. The molecular formula is C15H20BrNO4. The summed E-state index contributed by atoms with van der Waals surface area (Å²) >= 11 is 3.32. The molecule has 0 fully saturated rings. The number of hydrogen-bond acceptors (Lipinski definition) is 5. The van der Waals surface area contributed by atoms with Crippen molar-refractivity contribution in [1.82, 2.24) is 0 Å². The van der Waals surface area contributed by atoms with E-state index in [2.05, 4.69) is 20.7 Å². The molecule has 0 bridgehead atoms. The number of unbranched alkanes of at least 4 members (excludes halogenated alkanes) is 1. The zero-order chi connectivity index (χ0) is 15.8. The number of hydrogen-bond donors (Lipinski definition) is 1. The lowest BCUT2D eigenvalue weighted by molar-refractivity contribution is -0.161. The molecule has 0 amide bonds. The minimum Gasteiger partial charge on any atom is -0.468 e. The van der Waals surface area contributed by atoms with E-state index in [1.807, 2.05) is 6.92 Å². The quantitative estimate of drug-likeness (QED) is 0.461. The molecule has 0 heterocycles. The first-order valence-corrected chi connectivity index (χ1v) is 7.56. The largest absolute Gasteiger partial charge is 0.468 e. The Morgan fingerprint density at radius 1 is 1.24 bits per heavy atom. The average Bonchev–Trinajstić information content (AvgIpc) is 2.48. The number of methoxy groups -OCH3 is 1. The molecule has 0 aliphatic rings. The monoisotopic (exact) mass is 357 g/mol. The molecule has 1 aromatic rings. The van der Waals surface area contributed by atoms with E-state index in [4.69, 9.17) is 10.5 Å². The maximum Gasteiger partial charge on any atom is 0.322 e. The lowest BCUT2D eigenvalue weighted by Gasteiger charge is -2.20. The molecule has 0 aromatic heterocycles. The number of rotatable bonds is 7. The summed E-state index contributed by atoms with van der Waals surface area (Å²) < 4.78 is 10.7. The standard InChI is InChI=1S/C15H20BrNO4/c1-3-4-9-21-15(19)12(14(18)20-2)13(17)10-5-7-11(16)8-6-10/h5-8,12-13H,3-4,9,17H2,1-2H3. The highest BCUT2D eigenvalue weighted by Crippen LogP contribution is 2.24. The van der Waals surface area contributed by atoms with E-state index in [-0.39, 0.29) is 6.61 Å². The van der Waals surface area contributed by atoms with Gasteiger partial charge in [0.15, 0.2) is 5.92 Å². The Morgan fingerprint density at radius 3 is 2.38 bits per heavy atom. The molecule has 1 aromatic carbocycles. The van der Waals surface area contributed by atoms with Gasteiger partial charge in [0.1, 0.15) is 0 Å². The summed E-state index contributed by atoms with van der Waals surface area (Å²) in [7, 11) is 1.23. The molecule has 1 rings (SSSR count). The summed E-state index contributed by atoms with van der Waals surface area (Å²) in [5.41, 5.74) is 6.72. The van der Waals surface area contributed by atoms with Crippen molar-refractivity contribution in [1.29, 1.82) is 0 Å². The number of carbonyl (C=O) groups excluding carboxylic acids is 2. The summed E-state index contributed by atoms with van der Waals surface area (Å²) in [4.78, 5) is 23.9. The topological polar surface area (TPSA) is 78.6 Å². The van der Waals surface area contributed by atoms with Crippen molar-refractivity contribution in [2.75, 3.05) is 13.7 Å². The van der Waals surface area contributed by atoms with E-state index in [0.29, 0.717) is 5.56 Å². The van der Waals surface area contributed by atoms with Gasteiger partial charge in [0.25, 0.3) is 0 Å². The van der Waals surface area contributed by atoms with Gasteiger partial charge in [0.2, 0.25) is 0 Å². The second-order valence-corrected chi connectivity index (χ2v) is 5.51. The van der Waals surface area contributed by atoms with Gasteiger partial charge in [-0.05, 0) is 24.1 Å². The minimum atomic E-state index is -1.16. The Morgan fingerprint density at radius 2 is 1.86 bits per heavy atom. The molecule has 0 saturated heterocycles. The van der Waals surface area contributed by atoms with Crippen LogP contribution in [0.1, 0.15) is 31.4 Å². The second-order valence-electron chi connectivity index (χ2n) is 4.60. The number of ether oxygens (including phenoxy) is 2. The predicted molar refractivity (Wildman–Crippen MR) is 82.4 cm³/mol. The minimum absolute atomic E-state index is 0.274. The van der Waals surface area contributed by atoms with Crippen LogP contribution in [0.4, 0.5) is 0 Å². The second kappa shape index (κ2) is 8.79. The van der Waals surface area contributed by atoms with Gasteiger partial charge in [0, 0.05) is 4.47 Å². The number of nitrogens with two attached hydrogens (primary N) is 1. The maximum atomic E-state index is 12.1. The molecule has 21 heavy (non-hydrogen) atoms. The Bertz CT molecular complexity index is 475. The van der Waals surface area contributed by atoms with Crippen LogP contribution in [0, 0.1) is 5.92 Å². The maximum absolute atomic E-state index is 12.1.